The average molecular weight is 318 g/mol. The molecule has 0 aliphatic heterocycles. The van der Waals surface area contributed by atoms with Gasteiger partial charge in [-0.3, -0.25) is 0 Å². The maximum atomic E-state index is 14.1. The number of halogens is 2. The standard InChI is InChI=1S/C21H28F2/c1-8-20(6,21(7,22)23)19-11-9-10-18(14-19)17(5)13-12-16(4)15(2)3/h9-14H,5,8H2,1-4,6-7H3/b13-12-. The summed E-state index contributed by atoms with van der Waals surface area (Å²) in [5, 5.41) is 0. The molecule has 0 N–H and O–H groups in total. The molecule has 2 heteroatoms. The summed E-state index contributed by atoms with van der Waals surface area (Å²) in [6.07, 6.45) is 4.33. The molecule has 1 aromatic rings. The fraction of sp³-hybridized carbons (Fsp3) is 0.429. The van der Waals surface area contributed by atoms with Crippen LogP contribution in [0.15, 0.2) is 54.1 Å². The zero-order valence-electron chi connectivity index (χ0n) is 15.1. The first-order valence-corrected chi connectivity index (χ1v) is 8.02. The van der Waals surface area contributed by atoms with Gasteiger partial charge in [0.15, 0.2) is 0 Å². The van der Waals surface area contributed by atoms with Gasteiger partial charge in [-0.25, -0.2) is 8.78 Å². The highest BCUT2D eigenvalue weighted by molar-refractivity contribution is 5.73. The van der Waals surface area contributed by atoms with Crippen molar-refractivity contribution in [3.8, 4) is 0 Å². The van der Waals surface area contributed by atoms with E-state index in [2.05, 4.69) is 20.4 Å². The van der Waals surface area contributed by atoms with Crippen LogP contribution >= 0.6 is 0 Å². The molecule has 1 aromatic carbocycles. The van der Waals surface area contributed by atoms with Crippen LogP contribution in [-0.4, -0.2) is 5.92 Å². The molecule has 1 rings (SSSR count). The average Bonchev–Trinajstić information content (AvgIpc) is 2.50. The van der Waals surface area contributed by atoms with Crippen molar-refractivity contribution in [2.45, 2.75) is 59.3 Å². The lowest BCUT2D eigenvalue weighted by atomic mass is 9.74. The molecule has 0 saturated carbocycles. The minimum absolute atomic E-state index is 0.374. The molecular weight excluding hydrogens is 290 g/mol. The predicted molar refractivity (Wildman–Crippen MR) is 96.9 cm³/mol. The smallest absolute Gasteiger partial charge is 0.206 e. The summed E-state index contributed by atoms with van der Waals surface area (Å²) in [6.45, 7) is 14.6. The minimum atomic E-state index is -2.78. The lowest BCUT2D eigenvalue weighted by Gasteiger charge is -2.35. The second-order valence-corrected chi connectivity index (χ2v) is 6.70. The van der Waals surface area contributed by atoms with Crippen LogP contribution in [0.1, 0.15) is 59.1 Å². The van der Waals surface area contributed by atoms with E-state index < -0.39 is 11.3 Å². The first-order chi connectivity index (χ1) is 10.5. The Morgan fingerprint density at radius 2 is 1.74 bits per heavy atom. The Hall–Kier alpha value is -1.70. The van der Waals surface area contributed by atoms with Crippen molar-refractivity contribution in [2.75, 3.05) is 0 Å². The van der Waals surface area contributed by atoms with E-state index >= 15 is 0 Å². The summed E-state index contributed by atoms with van der Waals surface area (Å²) in [6, 6.07) is 7.36. The third-order valence-corrected chi connectivity index (χ3v) is 4.87. The predicted octanol–water partition coefficient (Wildman–Crippen LogP) is 6.94. The van der Waals surface area contributed by atoms with Crippen molar-refractivity contribution >= 4 is 5.57 Å². The highest BCUT2D eigenvalue weighted by Crippen LogP contribution is 2.42. The van der Waals surface area contributed by atoms with E-state index in [-0.39, 0.29) is 0 Å². The molecule has 1 atom stereocenters. The largest absolute Gasteiger partial charge is 0.254 e. The van der Waals surface area contributed by atoms with Gasteiger partial charge >= 0.3 is 0 Å². The van der Waals surface area contributed by atoms with Gasteiger partial charge < -0.3 is 0 Å². The summed E-state index contributed by atoms with van der Waals surface area (Å²) in [7, 11) is 0. The van der Waals surface area contributed by atoms with Crippen molar-refractivity contribution in [1.29, 1.82) is 0 Å². The Kier molecular flexibility index (Phi) is 6.10. The number of rotatable bonds is 6. The van der Waals surface area contributed by atoms with Gasteiger partial charge in [-0.2, -0.15) is 0 Å². The van der Waals surface area contributed by atoms with E-state index in [0.717, 1.165) is 18.1 Å². The Balaban J connectivity index is 3.20. The molecule has 1 unspecified atom stereocenters. The zero-order valence-corrected chi connectivity index (χ0v) is 15.1. The summed E-state index contributed by atoms with van der Waals surface area (Å²) < 4.78 is 28.2. The first-order valence-electron chi connectivity index (χ1n) is 8.02. The van der Waals surface area contributed by atoms with Crippen molar-refractivity contribution in [3.05, 3.63) is 65.3 Å². The van der Waals surface area contributed by atoms with Gasteiger partial charge in [-0.15, -0.1) is 0 Å². The lowest BCUT2D eigenvalue weighted by molar-refractivity contribution is -0.0563. The maximum absolute atomic E-state index is 14.1. The maximum Gasteiger partial charge on any atom is 0.254 e. The number of hydrogen-bond acceptors (Lipinski definition) is 0. The van der Waals surface area contributed by atoms with Gasteiger partial charge in [0, 0.05) is 6.92 Å². The second-order valence-electron chi connectivity index (χ2n) is 6.70. The molecule has 0 spiro atoms. The lowest BCUT2D eigenvalue weighted by Crippen LogP contribution is -2.40. The molecule has 0 radical (unpaired) electrons. The van der Waals surface area contributed by atoms with E-state index in [1.165, 1.54) is 11.1 Å². The highest BCUT2D eigenvalue weighted by Gasteiger charge is 2.45. The molecule has 0 heterocycles. The number of benzene rings is 1. The van der Waals surface area contributed by atoms with Crippen LogP contribution in [0.4, 0.5) is 8.78 Å². The summed E-state index contributed by atoms with van der Waals surface area (Å²) in [5.74, 6) is -2.78. The summed E-state index contributed by atoms with van der Waals surface area (Å²) in [4.78, 5) is 0. The molecule has 0 nitrogen and oxygen atoms in total. The third kappa shape index (κ3) is 4.40. The van der Waals surface area contributed by atoms with Gasteiger partial charge in [0.1, 0.15) is 0 Å². The zero-order chi connectivity index (χ0) is 17.8. The quantitative estimate of drug-likeness (QED) is 0.499. The fourth-order valence-electron chi connectivity index (χ4n) is 2.32. The first kappa shape index (κ1) is 19.3. The van der Waals surface area contributed by atoms with Crippen LogP contribution in [0, 0.1) is 0 Å². The van der Waals surface area contributed by atoms with Crippen LogP contribution in [0.5, 0.6) is 0 Å². The van der Waals surface area contributed by atoms with Crippen LogP contribution in [-0.2, 0) is 5.41 Å². The number of alkyl halides is 2. The van der Waals surface area contributed by atoms with E-state index in [1.807, 2.05) is 37.3 Å². The normalized spacial score (nSPS) is 14.6. The molecule has 0 saturated heterocycles. The highest BCUT2D eigenvalue weighted by atomic mass is 19.3. The van der Waals surface area contributed by atoms with Crippen molar-refractivity contribution in [3.63, 3.8) is 0 Å². The second kappa shape index (κ2) is 7.25. The van der Waals surface area contributed by atoms with Gasteiger partial charge in [0.2, 0.25) is 0 Å². The molecule has 0 aliphatic carbocycles. The molecule has 0 amide bonds. The van der Waals surface area contributed by atoms with Crippen molar-refractivity contribution in [1.82, 2.24) is 0 Å². The number of allylic oxidation sites excluding steroid dienone is 5. The summed E-state index contributed by atoms with van der Waals surface area (Å²) in [5.41, 5.74) is 3.60. The van der Waals surface area contributed by atoms with Gasteiger partial charge in [0.05, 0.1) is 5.41 Å². The topological polar surface area (TPSA) is 0 Å². The Morgan fingerprint density at radius 3 is 2.22 bits per heavy atom. The molecular formula is C21H28F2. The number of hydrogen-bond donors (Lipinski definition) is 0. The van der Waals surface area contributed by atoms with E-state index in [9.17, 15) is 8.78 Å². The van der Waals surface area contributed by atoms with E-state index in [4.69, 9.17) is 0 Å². The Labute approximate surface area is 139 Å². The molecule has 0 aromatic heterocycles. The minimum Gasteiger partial charge on any atom is -0.206 e. The Bertz CT molecular complexity index is 625. The molecule has 0 fully saturated rings. The van der Waals surface area contributed by atoms with Gasteiger partial charge in [-0.05, 0) is 50.8 Å². The van der Waals surface area contributed by atoms with E-state index in [0.29, 0.717) is 12.0 Å². The fourth-order valence-corrected chi connectivity index (χ4v) is 2.32. The van der Waals surface area contributed by atoms with Gasteiger partial charge in [-0.1, -0.05) is 61.1 Å². The van der Waals surface area contributed by atoms with Crippen LogP contribution in [0.2, 0.25) is 0 Å². The molecule has 23 heavy (non-hydrogen) atoms. The third-order valence-electron chi connectivity index (χ3n) is 4.87. The SMILES string of the molecule is C=C(/C=C\C(C)=C(C)C)c1cccc(C(C)(CC)C(C)(F)F)c1. The summed E-state index contributed by atoms with van der Waals surface area (Å²) >= 11 is 0. The van der Waals surface area contributed by atoms with Crippen LogP contribution < -0.4 is 0 Å². The Morgan fingerprint density at radius 1 is 1.13 bits per heavy atom. The van der Waals surface area contributed by atoms with Crippen LogP contribution in [0.25, 0.3) is 5.57 Å². The van der Waals surface area contributed by atoms with Crippen LogP contribution in [0.3, 0.4) is 0 Å². The monoisotopic (exact) mass is 318 g/mol. The molecule has 0 bridgehead atoms. The van der Waals surface area contributed by atoms with Crippen molar-refractivity contribution < 1.29 is 8.78 Å². The van der Waals surface area contributed by atoms with Crippen molar-refractivity contribution in [2.24, 2.45) is 0 Å². The molecule has 0 aliphatic rings. The van der Waals surface area contributed by atoms with Gasteiger partial charge in [0.25, 0.3) is 5.92 Å². The van der Waals surface area contributed by atoms with E-state index in [1.54, 1.807) is 19.9 Å². The molecule has 126 valence electrons.